The van der Waals surface area contributed by atoms with E-state index in [9.17, 15) is 9.90 Å². The summed E-state index contributed by atoms with van der Waals surface area (Å²) >= 11 is 11.9. The molecule has 7 nitrogen and oxygen atoms in total. The van der Waals surface area contributed by atoms with Gasteiger partial charge < -0.3 is 14.6 Å². The maximum Gasteiger partial charge on any atom is 0.208 e. The lowest BCUT2D eigenvalue weighted by Gasteiger charge is -2.15. The predicted octanol–water partition coefficient (Wildman–Crippen LogP) is 5.39. The normalized spacial score (nSPS) is 18.9. The zero-order valence-electron chi connectivity index (χ0n) is 17.4. The van der Waals surface area contributed by atoms with Gasteiger partial charge in [-0.1, -0.05) is 39.7 Å². The molecule has 3 aromatic rings. The van der Waals surface area contributed by atoms with Crippen LogP contribution in [-0.2, 0) is 4.18 Å². The third kappa shape index (κ3) is 5.94. The van der Waals surface area contributed by atoms with Crippen molar-refractivity contribution >= 4 is 62.7 Å². The number of halogens is 2. The number of aliphatic hydroxyl groups excluding tert-OH is 1. The zero-order chi connectivity index (χ0) is 23.4. The molecular weight excluding hydrogens is 548 g/mol. The lowest BCUT2D eigenvalue weighted by Crippen LogP contribution is -2.20. The van der Waals surface area contributed by atoms with Gasteiger partial charge in [0, 0.05) is 22.3 Å². The Bertz CT molecular complexity index is 1130. The Hall–Kier alpha value is -1.53. The number of nitrogens with one attached hydrogen (secondary N) is 1. The number of hydrogen-bond donors (Lipinski definition) is 3. The van der Waals surface area contributed by atoms with E-state index in [1.165, 1.54) is 12.5 Å². The summed E-state index contributed by atoms with van der Waals surface area (Å²) in [5.74, 6) is 0.668. The summed E-state index contributed by atoms with van der Waals surface area (Å²) in [5, 5.41) is 19.6. The summed E-state index contributed by atoms with van der Waals surface area (Å²) in [6.45, 7) is 0.603. The highest BCUT2D eigenvalue weighted by atomic mass is 79.9. The van der Waals surface area contributed by atoms with E-state index in [0.717, 1.165) is 47.3 Å². The van der Waals surface area contributed by atoms with E-state index >= 15 is 0 Å². The van der Waals surface area contributed by atoms with Crippen LogP contribution in [0.4, 0.5) is 5.82 Å². The molecule has 2 heterocycles. The van der Waals surface area contributed by atoms with Crippen molar-refractivity contribution in [3.8, 4) is 0 Å². The number of nitrogens with zero attached hydrogens (tertiary/aromatic N) is 2. The maximum atomic E-state index is 13.3. The standard InChI is InChI=1S/C22H22BrClN4O3S2/c23-14-3-1-2-13(7-14)19(29)16-8-18(32-21(16)24)20(30)17-9-26-11-27-22(17)28-15-5-4-12(6-15)10-31-33-25/h1-3,7-9,11-12,15,19,29H,4-6,10,25H2,(H,26,27,28). The minimum atomic E-state index is -0.943. The Kier molecular flexibility index (Phi) is 8.39. The monoisotopic (exact) mass is 568 g/mol. The highest BCUT2D eigenvalue weighted by Gasteiger charge is 2.28. The van der Waals surface area contributed by atoms with E-state index in [4.69, 9.17) is 20.9 Å². The molecule has 0 bridgehead atoms. The van der Waals surface area contributed by atoms with Crippen molar-refractivity contribution in [1.82, 2.24) is 9.97 Å². The number of benzene rings is 1. The molecule has 0 amide bonds. The summed E-state index contributed by atoms with van der Waals surface area (Å²) in [6.07, 6.45) is 4.87. The van der Waals surface area contributed by atoms with Crippen molar-refractivity contribution < 1.29 is 14.1 Å². The first-order valence-corrected chi connectivity index (χ1v) is 13.1. The fourth-order valence-electron chi connectivity index (χ4n) is 3.97. The van der Waals surface area contributed by atoms with Gasteiger partial charge in [-0.05, 0) is 48.9 Å². The van der Waals surface area contributed by atoms with Gasteiger partial charge in [0.1, 0.15) is 18.2 Å². The number of aliphatic hydroxyl groups is 1. The van der Waals surface area contributed by atoms with E-state index in [0.29, 0.717) is 44.2 Å². The van der Waals surface area contributed by atoms with E-state index in [-0.39, 0.29) is 11.8 Å². The van der Waals surface area contributed by atoms with Crippen LogP contribution in [-0.4, -0.2) is 33.5 Å². The molecule has 2 aromatic heterocycles. The minimum absolute atomic E-state index is 0.184. The zero-order valence-corrected chi connectivity index (χ0v) is 21.4. The number of thiophene rings is 1. The van der Waals surface area contributed by atoms with Gasteiger partial charge in [-0.2, -0.15) is 0 Å². The molecule has 11 heteroatoms. The lowest BCUT2D eigenvalue weighted by molar-refractivity contribution is 0.104. The molecule has 0 aliphatic heterocycles. The Morgan fingerprint density at radius 3 is 3.06 bits per heavy atom. The second kappa shape index (κ2) is 11.3. The van der Waals surface area contributed by atoms with Gasteiger partial charge in [-0.25, -0.2) is 9.97 Å². The molecule has 33 heavy (non-hydrogen) atoms. The number of rotatable bonds is 9. The van der Waals surface area contributed by atoms with Crippen molar-refractivity contribution in [2.75, 3.05) is 11.9 Å². The van der Waals surface area contributed by atoms with Crippen LogP contribution in [0, 0.1) is 5.92 Å². The molecule has 1 aliphatic rings. The molecular formula is C22H22BrClN4O3S2. The highest BCUT2D eigenvalue weighted by Crippen LogP contribution is 2.37. The van der Waals surface area contributed by atoms with Crippen LogP contribution in [0.15, 0.2) is 47.3 Å². The highest BCUT2D eigenvalue weighted by molar-refractivity contribution is 9.10. The van der Waals surface area contributed by atoms with E-state index in [1.54, 1.807) is 6.07 Å². The second-order valence-corrected chi connectivity index (χ2v) is 10.8. The summed E-state index contributed by atoms with van der Waals surface area (Å²) in [5.41, 5.74) is 1.54. The van der Waals surface area contributed by atoms with Gasteiger partial charge in [0.25, 0.3) is 0 Å². The van der Waals surface area contributed by atoms with Gasteiger partial charge >= 0.3 is 0 Å². The van der Waals surface area contributed by atoms with Crippen LogP contribution < -0.4 is 10.5 Å². The van der Waals surface area contributed by atoms with Crippen LogP contribution in [0.2, 0.25) is 4.34 Å². The average molecular weight is 570 g/mol. The van der Waals surface area contributed by atoms with Crippen molar-refractivity contribution in [2.24, 2.45) is 11.1 Å². The minimum Gasteiger partial charge on any atom is -0.384 e. The fraction of sp³-hybridized carbons (Fsp3) is 0.318. The summed E-state index contributed by atoms with van der Waals surface area (Å²) < 4.78 is 6.48. The van der Waals surface area contributed by atoms with Crippen molar-refractivity contribution in [1.29, 1.82) is 0 Å². The van der Waals surface area contributed by atoms with Crippen molar-refractivity contribution in [3.05, 3.63) is 73.2 Å². The third-order valence-electron chi connectivity index (χ3n) is 5.61. The van der Waals surface area contributed by atoms with E-state index in [1.807, 2.05) is 24.3 Å². The van der Waals surface area contributed by atoms with E-state index < -0.39 is 6.10 Å². The van der Waals surface area contributed by atoms with Crippen LogP contribution in [0.5, 0.6) is 0 Å². The largest absolute Gasteiger partial charge is 0.384 e. The molecule has 3 atom stereocenters. The topological polar surface area (TPSA) is 110 Å². The molecule has 3 unspecified atom stereocenters. The average Bonchev–Trinajstić information content (AvgIpc) is 3.43. The molecule has 1 fully saturated rings. The number of carbonyl (C=O) groups excluding carboxylic acids is 1. The van der Waals surface area contributed by atoms with Gasteiger partial charge in [-0.15, -0.1) is 11.3 Å². The smallest absolute Gasteiger partial charge is 0.208 e. The molecule has 1 aromatic carbocycles. The number of carbonyl (C=O) groups is 1. The number of hydrogen-bond acceptors (Lipinski definition) is 9. The molecule has 174 valence electrons. The second-order valence-electron chi connectivity index (χ2n) is 7.81. The Morgan fingerprint density at radius 1 is 1.42 bits per heavy atom. The molecule has 0 radical (unpaired) electrons. The number of anilines is 1. The van der Waals surface area contributed by atoms with Crippen LogP contribution in [0.1, 0.15) is 51.7 Å². The molecule has 4 N–H and O–H groups in total. The van der Waals surface area contributed by atoms with E-state index in [2.05, 4.69) is 31.2 Å². The molecule has 0 spiro atoms. The molecule has 0 saturated heterocycles. The molecule has 1 aliphatic carbocycles. The quantitative estimate of drug-likeness (QED) is 0.179. The Labute approximate surface area is 213 Å². The SMILES string of the molecule is NSOCC1CCC(Nc2ncncc2C(=O)c2cc(C(O)c3cccc(Br)c3)c(Cl)s2)C1. The Morgan fingerprint density at radius 2 is 2.27 bits per heavy atom. The molecule has 4 rings (SSSR count). The molecule has 1 saturated carbocycles. The lowest BCUT2D eigenvalue weighted by atomic mass is 10.0. The number of aromatic nitrogens is 2. The number of nitrogens with two attached hydrogens (primary N) is 1. The van der Waals surface area contributed by atoms with Gasteiger partial charge in [0.15, 0.2) is 0 Å². The van der Waals surface area contributed by atoms with Crippen molar-refractivity contribution in [2.45, 2.75) is 31.4 Å². The van der Waals surface area contributed by atoms with Gasteiger partial charge in [0.05, 0.1) is 33.6 Å². The Balaban J connectivity index is 1.52. The van der Waals surface area contributed by atoms with Crippen LogP contribution in [0.3, 0.4) is 0 Å². The fourth-order valence-corrected chi connectivity index (χ4v) is 5.93. The number of ketones is 1. The maximum absolute atomic E-state index is 13.3. The predicted molar refractivity (Wildman–Crippen MR) is 135 cm³/mol. The first-order valence-electron chi connectivity index (χ1n) is 10.3. The summed E-state index contributed by atoms with van der Waals surface area (Å²) in [7, 11) is 0. The van der Waals surface area contributed by atoms with Crippen LogP contribution >= 0.6 is 51.1 Å². The van der Waals surface area contributed by atoms with Crippen molar-refractivity contribution in [3.63, 3.8) is 0 Å². The third-order valence-corrected chi connectivity index (χ3v) is 7.76. The van der Waals surface area contributed by atoms with Gasteiger partial charge in [-0.3, -0.25) is 9.93 Å². The summed E-state index contributed by atoms with van der Waals surface area (Å²) in [6, 6.07) is 9.17. The first-order chi connectivity index (χ1) is 16.0. The van der Waals surface area contributed by atoms with Crippen LogP contribution in [0.25, 0.3) is 0 Å². The van der Waals surface area contributed by atoms with Gasteiger partial charge in [0.2, 0.25) is 5.78 Å². The summed E-state index contributed by atoms with van der Waals surface area (Å²) in [4.78, 5) is 22.1. The first kappa shape index (κ1) is 24.6.